The van der Waals surface area contributed by atoms with Gasteiger partial charge in [0, 0.05) is 12.2 Å². The number of amides is 1. The Morgan fingerprint density at radius 3 is 2.75 bits per heavy atom. The molecule has 0 aromatic heterocycles. The Labute approximate surface area is 118 Å². The zero-order valence-corrected chi connectivity index (χ0v) is 11.8. The van der Waals surface area contributed by atoms with E-state index in [1.807, 2.05) is 6.92 Å². The van der Waals surface area contributed by atoms with Gasteiger partial charge in [-0.1, -0.05) is 19.1 Å². The monoisotopic (exact) mass is 276 g/mol. The molecule has 5 heteroatoms. The second-order valence-electron chi connectivity index (χ2n) is 4.35. The van der Waals surface area contributed by atoms with Crippen LogP contribution in [0.3, 0.4) is 0 Å². The maximum absolute atomic E-state index is 11.9. The summed E-state index contributed by atoms with van der Waals surface area (Å²) in [5.74, 6) is -0.933. The third kappa shape index (κ3) is 4.12. The molecule has 0 aliphatic carbocycles. The Morgan fingerprint density at radius 2 is 2.20 bits per heavy atom. The Kier molecular flexibility index (Phi) is 5.77. The van der Waals surface area contributed by atoms with Crippen molar-refractivity contribution in [1.29, 1.82) is 0 Å². The highest BCUT2D eigenvalue weighted by Gasteiger charge is 2.18. The molecule has 0 aliphatic rings. The summed E-state index contributed by atoms with van der Waals surface area (Å²) in [7, 11) is 0. The van der Waals surface area contributed by atoms with Gasteiger partial charge in [0.25, 0.3) is 5.91 Å². The first-order chi connectivity index (χ1) is 9.49. The first kappa shape index (κ1) is 15.8. The summed E-state index contributed by atoms with van der Waals surface area (Å²) in [6, 6.07) is 5.00. The first-order valence-electron chi connectivity index (χ1n) is 6.47. The van der Waals surface area contributed by atoms with Crippen LogP contribution in [-0.4, -0.2) is 24.5 Å². The third-order valence-corrected chi connectivity index (χ3v) is 2.84. The number of ether oxygens (including phenoxy) is 1. The van der Waals surface area contributed by atoms with E-state index in [-0.39, 0.29) is 5.91 Å². The lowest BCUT2D eigenvalue weighted by molar-refractivity contribution is -0.128. The molecule has 0 bridgehead atoms. The summed E-state index contributed by atoms with van der Waals surface area (Å²) in [5.41, 5.74) is 7.68. The van der Waals surface area contributed by atoms with Crippen LogP contribution in [0.15, 0.2) is 30.9 Å². The van der Waals surface area contributed by atoms with Gasteiger partial charge in [0.1, 0.15) is 0 Å². The number of carbonyl (C=O) groups excluding carboxylic acids is 2. The van der Waals surface area contributed by atoms with Gasteiger partial charge in [0.05, 0.1) is 5.56 Å². The fraction of sp³-hybridized carbons (Fsp3) is 0.333. The number of aryl methyl sites for hydroxylation is 1. The van der Waals surface area contributed by atoms with Gasteiger partial charge in [-0.25, -0.2) is 4.79 Å². The number of anilines is 1. The fourth-order valence-electron chi connectivity index (χ4n) is 1.64. The summed E-state index contributed by atoms with van der Waals surface area (Å²) in [4.78, 5) is 23.5. The second kappa shape index (κ2) is 7.33. The summed E-state index contributed by atoms with van der Waals surface area (Å²) >= 11 is 0. The number of hydrogen-bond acceptors (Lipinski definition) is 4. The third-order valence-electron chi connectivity index (χ3n) is 2.84. The number of benzene rings is 1. The van der Waals surface area contributed by atoms with Crippen molar-refractivity contribution in [3.05, 3.63) is 42.0 Å². The van der Waals surface area contributed by atoms with Crippen LogP contribution in [0.4, 0.5) is 5.69 Å². The van der Waals surface area contributed by atoms with E-state index in [9.17, 15) is 9.59 Å². The minimum absolute atomic E-state index is 0.332. The van der Waals surface area contributed by atoms with Gasteiger partial charge in [-0.3, -0.25) is 4.79 Å². The van der Waals surface area contributed by atoms with Crippen molar-refractivity contribution in [2.45, 2.75) is 26.4 Å². The normalized spacial score (nSPS) is 11.5. The van der Waals surface area contributed by atoms with E-state index in [4.69, 9.17) is 10.5 Å². The van der Waals surface area contributed by atoms with Crippen molar-refractivity contribution >= 4 is 17.6 Å². The number of hydrogen-bond donors (Lipinski definition) is 2. The lowest BCUT2D eigenvalue weighted by Crippen LogP contribution is -2.35. The van der Waals surface area contributed by atoms with Crippen LogP contribution < -0.4 is 11.1 Å². The molecule has 1 unspecified atom stereocenters. The van der Waals surface area contributed by atoms with E-state index in [1.165, 1.54) is 6.92 Å². The van der Waals surface area contributed by atoms with Crippen LogP contribution in [0.1, 0.15) is 29.8 Å². The lowest BCUT2D eigenvalue weighted by Gasteiger charge is -2.13. The molecule has 1 atom stereocenters. The molecule has 0 saturated carbocycles. The van der Waals surface area contributed by atoms with Gasteiger partial charge in [-0.05, 0) is 31.0 Å². The Morgan fingerprint density at radius 1 is 1.50 bits per heavy atom. The molecule has 0 spiro atoms. The predicted molar refractivity (Wildman–Crippen MR) is 78.3 cm³/mol. The zero-order chi connectivity index (χ0) is 15.1. The smallest absolute Gasteiger partial charge is 0.338 e. The topological polar surface area (TPSA) is 81.4 Å². The van der Waals surface area contributed by atoms with E-state index in [1.54, 1.807) is 24.3 Å². The van der Waals surface area contributed by atoms with Crippen LogP contribution in [-0.2, 0) is 16.0 Å². The van der Waals surface area contributed by atoms with E-state index in [0.29, 0.717) is 17.8 Å². The largest absolute Gasteiger partial charge is 0.449 e. The van der Waals surface area contributed by atoms with Crippen molar-refractivity contribution in [3.63, 3.8) is 0 Å². The highest BCUT2D eigenvalue weighted by molar-refractivity contribution is 5.93. The van der Waals surface area contributed by atoms with Gasteiger partial charge < -0.3 is 15.8 Å². The molecule has 0 fully saturated rings. The van der Waals surface area contributed by atoms with Crippen LogP contribution in [0, 0.1) is 0 Å². The molecule has 0 radical (unpaired) electrons. The minimum Gasteiger partial charge on any atom is -0.449 e. The SMILES string of the molecule is C=CCNC(=O)C(C)OC(=O)c1ccc(CC)c(N)c1. The molecule has 1 rings (SSSR count). The predicted octanol–water partition coefficient (Wildman–Crippen LogP) is 1.68. The van der Waals surface area contributed by atoms with E-state index >= 15 is 0 Å². The van der Waals surface area contributed by atoms with E-state index in [0.717, 1.165) is 12.0 Å². The molecule has 0 heterocycles. The number of carbonyl (C=O) groups is 2. The fourth-order valence-corrected chi connectivity index (χ4v) is 1.64. The van der Waals surface area contributed by atoms with Crippen molar-refractivity contribution in [2.24, 2.45) is 0 Å². The lowest BCUT2D eigenvalue weighted by atomic mass is 10.1. The molecular weight excluding hydrogens is 256 g/mol. The van der Waals surface area contributed by atoms with Crippen LogP contribution in [0.25, 0.3) is 0 Å². The first-order valence-corrected chi connectivity index (χ1v) is 6.47. The average Bonchev–Trinajstić information content (AvgIpc) is 2.44. The number of nitrogen functional groups attached to an aromatic ring is 1. The summed E-state index contributed by atoms with van der Waals surface area (Å²) in [6.45, 7) is 7.32. The van der Waals surface area contributed by atoms with Crippen molar-refractivity contribution in [1.82, 2.24) is 5.32 Å². The van der Waals surface area contributed by atoms with Gasteiger partial charge in [0.2, 0.25) is 0 Å². The molecule has 0 aliphatic heterocycles. The summed E-state index contributed by atoms with van der Waals surface area (Å²) in [5, 5.41) is 2.56. The maximum Gasteiger partial charge on any atom is 0.338 e. The summed E-state index contributed by atoms with van der Waals surface area (Å²) < 4.78 is 5.08. The van der Waals surface area contributed by atoms with Crippen LogP contribution in [0.5, 0.6) is 0 Å². The molecule has 108 valence electrons. The number of nitrogens with two attached hydrogens (primary N) is 1. The quantitative estimate of drug-likeness (QED) is 0.470. The van der Waals surface area contributed by atoms with Crippen LogP contribution in [0.2, 0.25) is 0 Å². The number of rotatable bonds is 6. The van der Waals surface area contributed by atoms with E-state index < -0.39 is 12.1 Å². The number of esters is 1. The highest BCUT2D eigenvalue weighted by atomic mass is 16.5. The molecule has 3 N–H and O–H groups in total. The van der Waals surface area contributed by atoms with Gasteiger partial charge in [-0.2, -0.15) is 0 Å². The van der Waals surface area contributed by atoms with Crippen molar-refractivity contribution < 1.29 is 14.3 Å². The molecule has 1 aromatic carbocycles. The standard InChI is InChI=1S/C15H20N2O3/c1-4-8-17-14(18)10(3)20-15(19)12-7-6-11(5-2)13(16)9-12/h4,6-7,9-10H,1,5,8,16H2,2-3H3,(H,17,18). The Balaban J connectivity index is 2.68. The Bertz CT molecular complexity index is 512. The molecule has 5 nitrogen and oxygen atoms in total. The van der Waals surface area contributed by atoms with Crippen molar-refractivity contribution in [2.75, 3.05) is 12.3 Å². The molecular formula is C15H20N2O3. The number of nitrogens with one attached hydrogen (secondary N) is 1. The molecule has 1 amide bonds. The maximum atomic E-state index is 11.9. The highest BCUT2D eigenvalue weighted by Crippen LogP contribution is 2.16. The molecule has 0 saturated heterocycles. The average molecular weight is 276 g/mol. The van der Waals surface area contributed by atoms with E-state index in [2.05, 4.69) is 11.9 Å². The van der Waals surface area contributed by atoms with Gasteiger partial charge in [0.15, 0.2) is 6.10 Å². The second-order valence-corrected chi connectivity index (χ2v) is 4.35. The van der Waals surface area contributed by atoms with Crippen molar-refractivity contribution in [3.8, 4) is 0 Å². The molecule has 1 aromatic rings. The van der Waals surface area contributed by atoms with Crippen LogP contribution >= 0.6 is 0 Å². The van der Waals surface area contributed by atoms with Gasteiger partial charge in [-0.15, -0.1) is 6.58 Å². The molecule has 20 heavy (non-hydrogen) atoms. The minimum atomic E-state index is -0.866. The summed E-state index contributed by atoms with van der Waals surface area (Å²) in [6.07, 6.45) is 1.48. The van der Waals surface area contributed by atoms with Gasteiger partial charge >= 0.3 is 5.97 Å². The zero-order valence-electron chi connectivity index (χ0n) is 11.8. The Hall–Kier alpha value is -2.30.